The van der Waals surface area contributed by atoms with Crippen LogP contribution < -0.4 is 0 Å². The zero-order valence-electron chi connectivity index (χ0n) is 15.6. The van der Waals surface area contributed by atoms with Crippen LogP contribution in [-0.4, -0.2) is 21.7 Å². The first-order valence-electron chi connectivity index (χ1n) is 9.09. The third-order valence-corrected chi connectivity index (χ3v) is 5.58. The Hall–Kier alpha value is -3.12. The molecule has 3 aromatic rings. The molecule has 1 aliphatic heterocycles. The molecule has 1 fully saturated rings. The lowest BCUT2D eigenvalue weighted by Crippen LogP contribution is -2.29. The van der Waals surface area contributed by atoms with Crippen molar-refractivity contribution in [2.75, 3.05) is 0 Å². The Labute approximate surface area is 176 Å². The van der Waals surface area contributed by atoms with Gasteiger partial charge in [0.25, 0.3) is 11.7 Å². The van der Waals surface area contributed by atoms with Crippen LogP contribution >= 0.6 is 15.9 Å². The maximum atomic E-state index is 13.0. The number of carbonyl (C=O) groups excluding carboxylic acids is 2. The van der Waals surface area contributed by atoms with Crippen molar-refractivity contribution in [1.29, 1.82) is 0 Å². The largest absolute Gasteiger partial charge is 0.507 e. The highest BCUT2D eigenvalue weighted by Gasteiger charge is 2.46. The molecule has 0 aliphatic carbocycles. The molecule has 2 aromatic carbocycles. The van der Waals surface area contributed by atoms with Gasteiger partial charge in [0.2, 0.25) is 0 Å². The average molecular weight is 452 g/mol. The first kappa shape index (κ1) is 19.2. The molecule has 29 heavy (non-hydrogen) atoms. The van der Waals surface area contributed by atoms with Gasteiger partial charge in [-0.25, -0.2) is 0 Å². The highest BCUT2D eigenvalue weighted by Crippen LogP contribution is 2.41. The Morgan fingerprint density at radius 1 is 1.07 bits per heavy atom. The van der Waals surface area contributed by atoms with Crippen molar-refractivity contribution in [3.63, 3.8) is 0 Å². The van der Waals surface area contributed by atoms with E-state index in [0.717, 1.165) is 15.6 Å². The van der Waals surface area contributed by atoms with E-state index in [2.05, 4.69) is 15.9 Å². The summed E-state index contributed by atoms with van der Waals surface area (Å²) >= 11 is 3.36. The summed E-state index contributed by atoms with van der Waals surface area (Å²) in [5.74, 6) is -0.987. The molecule has 1 aromatic heterocycles. The number of benzene rings is 2. The van der Waals surface area contributed by atoms with Gasteiger partial charge in [-0.15, -0.1) is 0 Å². The van der Waals surface area contributed by atoms with Crippen LogP contribution in [0.15, 0.2) is 81.4 Å². The van der Waals surface area contributed by atoms with Gasteiger partial charge in [-0.05, 0) is 42.3 Å². The van der Waals surface area contributed by atoms with Crippen molar-refractivity contribution in [2.45, 2.75) is 19.5 Å². The molecule has 1 atom stereocenters. The standard InChI is InChI=1S/C23H18BrNO4/c1-14-5-2-3-7-18(14)20-19(21(26)15-8-10-16(24)11-9-15)22(27)23(28)25(20)13-17-6-4-12-29-17/h2-12,20,26H,13H2,1H3/b21-19-. The fraction of sp³-hybridized carbons (Fsp3) is 0.130. The molecule has 0 radical (unpaired) electrons. The van der Waals surface area contributed by atoms with E-state index < -0.39 is 17.7 Å². The van der Waals surface area contributed by atoms with E-state index in [9.17, 15) is 14.7 Å². The number of amides is 1. The lowest BCUT2D eigenvalue weighted by molar-refractivity contribution is -0.140. The number of furan rings is 1. The molecule has 6 heteroatoms. The van der Waals surface area contributed by atoms with Crippen molar-refractivity contribution in [2.24, 2.45) is 0 Å². The van der Waals surface area contributed by atoms with Gasteiger partial charge in [0.1, 0.15) is 11.5 Å². The first-order valence-corrected chi connectivity index (χ1v) is 9.89. The number of hydrogen-bond donors (Lipinski definition) is 1. The van der Waals surface area contributed by atoms with Crippen LogP contribution in [-0.2, 0) is 16.1 Å². The molecule has 0 spiro atoms. The second kappa shape index (κ2) is 7.72. The molecule has 1 amide bonds. The number of aliphatic hydroxyl groups excluding tert-OH is 1. The lowest BCUT2D eigenvalue weighted by atomic mass is 9.92. The molecule has 1 aliphatic rings. The van der Waals surface area contributed by atoms with Gasteiger partial charge in [0.05, 0.1) is 24.4 Å². The number of aryl methyl sites for hydroxylation is 1. The highest BCUT2D eigenvalue weighted by atomic mass is 79.9. The number of likely N-dealkylation sites (tertiary alicyclic amines) is 1. The average Bonchev–Trinajstić information content (AvgIpc) is 3.31. The quantitative estimate of drug-likeness (QED) is 0.345. The van der Waals surface area contributed by atoms with Crippen LogP contribution in [0.4, 0.5) is 0 Å². The van der Waals surface area contributed by atoms with Crippen molar-refractivity contribution >= 4 is 33.4 Å². The fourth-order valence-corrected chi connectivity index (χ4v) is 3.86. The van der Waals surface area contributed by atoms with Crippen molar-refractivity contribution < 1.29 is 19.1 Å². The molecule has 0 saturated carbocycles. The molecule has 1 unspecified atom stereocenters. The van der Waals surface area contributed by atoms with Crippen molar-refractivity contribution in [3.8, 4) is 0 Å². The maximum absolute atomic E-state index is 13.0. The predicted octanol–water partition coefficient (Wildman–Crippen LogP) is 4.97. The normalized spacial score (nSPS) is 18.4. The summed E-state index contributed by atoms with van der Waals surface area (Å²) in [6.07, 6.45) is 1.52. The number of hydrogen-bond acceptors (Lipinski definition) is 4. The van der Waals surface area contributed by atoms with Gasteiger partial charge >= 0.3 is 0 Å². The molecule has 0 bridgehead atoms. The number of Topliss-reactive ketones (excluding diaryl/α,β-unsaturated/α-hetero) is 1. The Bertz CT molecular complexity index is 1100. The minimum atomic E-state index is -0.704. The summed E-state index contributed by atoms with van der Waals surface area (Å²) in [4.78, 5) is 27.3. The number of halogens is 1. The van der Waals surface area contributed by atoms with Crippen LogP contribution in [0, 0.1) is 6.92 Å². The second-order valence-electron chi connectivity index (χ2n) is 6.87. The summed E-state index contributed by atoms with van der Waals surface area (Å²) in [5.41, 5.74) is 2.27. The number of ketones is 1. The number of rotatable bonds is 4. The van der Waals surface area contributed by atoms with E-state index in [1.165, 1.54) is 11.2 Å². The maximum Gasteiger partial charge on any atom is 0.296 e. The zero-order chi connectivity index (χ0) is 20.5. The van der Waals surface area contributed by atoms with Crippen molar-refractivity contribution in [3.05, 3.63) is 99.4 Å². The van der Waals surface area contributed by atoms with Crippen LogP contribution in [0.25, 0.3) is 5.76 Å². The van der Waals surface area contributed by atoms with Crippen LogP contribution in [0.2, 0.25) is 0 Å². The van der Waals surface area contributed by atoms with Crippen LogP contribution in [0.1, 0.15) is 28.5 Å². The lowest BCUT2D eigenvalue weighted by Gasteiger charge is -2.25. The fourth-order valence-electron chi connectivity index (χ4n) is 3.59. The monoisotopic (exact) mass is 451 g/mol. The van der Waals surface area contributed by atoms with E-state index in [1.54, 1.807) is 36.4 Å². The minimum Gasteiger partial charge on any atom is -0.507 e. The second-order valence-corrected chi connectivity index (χ2v) is 7.79. The Balaban J connectivity index is 1.89. The summed E-state index contributed by atoms with van der Waals surface area (Å²) < 4.78 is 6.25. The molecule has 146 valence electrons. The molecule has 1 saturated heterocycles. The van der Waals surface area contributed by atoms with E-state index in [-0.39, 0.29) is 17.9 Å². The topological polar surface area (TPSA) is 70.8 Å². The van der Waals surface area contributed by atoms with Gasteiger partial charge < -0.3 is 14.4 Å². The Morgan fingerprint density at radius 2 is 1.79 bits per heavy atom. The third-order valence-electron chi connectivity index (χ3n) is 5.05. The molecule has 4 rings (SSSR count). The summed E-state index contributed by atoms with van der Waals surface area (Å²) in [7, 11) is 0. The van der Waals surface area contributed by atoms with Gasteiger partial charge in [-0.3, -0.25) is 9.59 Å². The molecule has 2 heterocycles. The third kappa shape index (κ3) is 3.51. The number of carbonyl (C=O) groups is 2. The molecule has 1 N–H and O–H groups in total. The number of aliphatic hydroxyl groups is 1. The van der Waals surface area contributed by atoms with Crippen LogP contribution in [0.5, 0.6) is 0 Å². The predicted molar refractivity (Wildman–Crippen MR) is 112 cm³/mol. The molecule has 5 nitrogen and oxygen atoms in total. The van der Waals surface area contributed by atoms with Gasteiger partial charge in [0.15, 0.2) is 0 Å². The van der Waals surface area contributed by atoms with Gasteiger partial charge in [-0.2, -0.15) is 0 Å². The van der Waals surface area contributed by atoms with Gasteiger partial charge in [0, 0.05) is 10.0 Å². The Morgan fingerprint density at radius 3 is 2.45 bits per heavy atom. The molecular weight excluding hydrogens is 434 g/mol. The van der Waals surface area contributed by atoms with E-state index in [4.69, 9.17) is 4.42 Å². The summed E-state index contributed by atoms with van der Waals surface area (Å²) in [6.45, 7) is 2.05. The summed E-state index contributed by atoms with van der Waals surface area (Å²) in [6, 6.07) is 17.3. The van der Waals surface area contributed by atoms with Gasteiger partial charge in [-0.1, -0.05) is 52.3 Å². The highest BCUT2D eigenvalue weighted by molar-refractivity contribution is 9.10. The first-order chi connectivity index (χ1) is 14.0. The van der Waals surface area contributed by atoms with E-state index >= 15 is 0 Å². The number of nitrogens with zero attached hydrogens (tertiary/aromatic N) is 1. The Kier molecular flexibility index (Phi) is 5.11. The summed E-state index contributed by atoms with van der Waals surface area (Å²) in [5, 5.41) is 11.0. The van der Waals surface area contributed by atoms with E-state index in [0.29, 0.717) is 11.3 Å². The minimum absolute atomic E-state index is 0.0816. The smallest absolute Gasteiger partial charge is 0.296 e. The SMILES string of the molecule is Cc1ccccc1C1/C(=C(/O)c2ccc(Br)cc2)C(=O)C(=O)N1Cc1ccco1. The van der Waals surface area contributed by atoms with Crippen LogP contribution in [0.3, 0.4) is 0 Å². The molecular formula is C23H18BrNO4. The van der Waals surface area contributed by atoms with Crippen molar-refractivity contribution in [1.82, 2.24) is 4.90 Å². The zero-order valence-corrected chi connectivity index (χ0v) is 17.2. The van der Waals surface area contributed by atoms with E-state index in [1.807, 2.05) is 31.2 Å².